The van der Waals surface area contributed by atoms with Crippen molar-refractivity contribution in [2.75, 3.05) is 7.11 Å². The highest BCUT2D eigenvalue weighted by Gasteiger charge is 2.17. The van der Waals surface area contributed by atoms with Crippen molar-refractivity contribution in [3.05, 3.63) is 71.8 Å². The molecule has 0 N–H and O–H groups in total. The third-order valence-electron chi connectivity index (χ3n) is 4.49. The molecule has 0 bridgehead atoms. The van der Waals surface area contributed by atoms with Crippen molar-refractivity contribution in [2.45, 2.75) is 31.1 Å². The van der Waals surface area contributed by atoms with Crippen molar-refractivity contribution in [2.24, 2.45) is 4.40 Å². The van der Waals surface area contributed by atoms with Gasteiger partial charge in [0.2, 0.25) is 0 Å². The van der Waals surface area contributed by atoms with E-state index in [9.17, 15) is 8.42 Å². The first-order valence-corrected chi connectivity index (χ1v) is 10.1. The number of nitrogens with zero attached hydrogens (tertiary/aromatic N) is 1. The van der Waals surface area contributed by atoms with Crippen LogP contribution in [0.15, 0.2) is 70.0 Å². The van der Waals surface area contributed by atoms with Crippen molar-refractivity contribution < 1.29 is 13.2 Å². The third kappa shape index (κ3) is 4.03. The van der Waals surface area contributed by atoms with Crippen LogP contribution < -0.4 is 4.74 Å². The van der Waals surface area contributed by atoms with E-state index in [0.29, 0.717) is 11.3 Å². The van der Waals surface area contributed by atoms with Crippen LogP contribution in [0.2, 0.25) is 0 Å². The Morgan fingerprint density at radius 2 is 1.59 bits per heavy atom. The van der Waals surface area contributed by atoms with Gasteiger partial charge in [-0.2, -0.15) is 12.8 Å². The number of hydrogen-bond acceptors (Lipinski definition) is 3. The van der Waals surface area contributed by atoms with Crippen molar-refractivity contribution >= 4 is 27.0 Å². The Morgan fingerprint density at radius 1 is 0.926 bits per heavy atom. The molecule has 4 nitrogen and oxygen atoms in total. The second kappa shape index (κ2) is 7.16. The van der Waals surface area contributed by atoms with Gasteiger partial charge in [0.25, 0.3) is 10.0 Å². The van der Waals surface area contributed by atoms with Crippen LogP contribution in [0.1, 0.15) is 31.9 Å². The van der Waals surface area contributed by atoms with Gasteiger partial charge in [-0.1, -0.05) is 63.2 Å². The van der Waals surface area contributed by atoms with E-state index >= 15 is 0 Å². The third-order valence-corrected chi connectivity index (χ3v) is 5.74. The van der Waals surface area contributed by atoms with E-state index < -0.39 is 10.0 Å². The minimum Gasteiger partial charge on any atom is -0.496 e. The lowest BCUT2D eigenvalue weighted by Crippen LogP contribution is -2.11. The molecule has 27 heavy (non-hydrogen) atoms. The first kappa shape index (κ1) is 19.1. The standard InChI is InChI=1S/C22H23NO3S/c1-22(2,3)17-10-12-18(13-11-17)27(24,25)23-15-20-19-8-6-5-7-16(19)9-14-21(20)26-4/h5-15H,1-4H3/b23-15+. The molecule has 0 aliphatic heterocycles. The smallest absolute Gasteiger partial charge is 0.282 e. The molecule has 5 heteroatoms. The van der Waals surface area contributed by atoms with E-state index in [2.05, 4.69) is 25.2 Å². The summed E-state index contributed by atoms with van der Waals surface area (Å²) in [7, 11) is -2.24. The summed E-state index contributed by atoms with van der Waals surface area (Å²) < 4.78 is 34.6. The lowest BCUT2D eigenvalue weighted by atomic mass is 9.87. The Balaban J connectivity index is 2.01. The van der Waals surface area contributed by atoms with Crippen molar-refractivity contribution in [3.8, 4) is 5.75 Å². The Bertz CT molecular complexity index is 1090. The monoisotopic (exact) mass is 381 g/mol. The quantitative estimate of drug-likeness (QED) is 0.601. The molecule has 0 spiro atoms. The van der Waals surface area contributed by atoms with E-state index in [-0.39, 0.29) is 10.3 Å². The molecular weight excluding hydrogens is 358 g/mol. The minimum atomic E-state index is -3.80. The molecule has 3 rings (SSSR count). The molecule has 140 valence electrons. The van der Waals surface area contributed by atoms with Gasteiger partial charge in [0.1, 0.15) is 5.75 Å². The number of sulfonamides is 1. The summed E-state index contributed by atoms with van der Waals surface area (Å²) in [5.41, 5.74) is 1.67. The van der Waals surface area contributed by atoms with Gasteiger partial charge in [-0.25, -0.2) is 0 Å². The van der Waals surface area contributed by atoms with Gasteiger partial charge in [-0.3, -0.25) is 0 Å². The maximum Gasteiger partial charge on any atom is 0.282 e. The predicted octanol–water partition coefficient (Wildman–Crippen LogP) is 4.95. The van der Waals surface area contributed by atoms with Gasteiger partial charge in [-0.15, -0.1) is 0 Å². The molecule has 0 fully saturated rings. The number of hydrogen-bond donors (Lipinski definition) is 0. The molecule has 0 aromatic heterocycles. The summed E-state index contributed by atoms with van der Waals surface area (Å²) in [6, 6.07) is 18.3. The van der Waals surface area contributed by atoms with Crippen LogP contribution in [0, 0.1) is 0 Å². The fraction of sp³-hybridized carbons (Fsp3) is 0.227. The van der Waals surface area contributed by atoms with Crippen LogP contribution in [-0.4, -0.2) is 21.7 Å². The van der Waals surface area contributed by atoms with E-state index in [1.54, 1.807) is 19.2 Å². The first-order valence-electron chi connectivity index (χ1n) is 8.69. The van der Waals surface area contributed by atoms with Crippen molar-refractivity contribution in [3.63, 3.8) is 0 Å². The van der Waals surface area contributed by atoms with Gasteiger partial charge in [0, 0.05) is 5.56 Å². The fourth-order valence-corrected chi connectivity index (χ4v) is 3.74. The lowest BCUT2D eigenvalue weighted by Gasteiger charge is -2.18. The summed E-state index contributed by atoms with van der Waals surface area (Å²) in [4.78, 5) is 0.172. The summed E-state index contributed by atoms with van der Waals surface area (Å²) in [6.45, 7) is 6.25. The SMILES string of the molecule is COc1ccc2ccccc2c1/C=N/S(=O)(=O)c1ccc(C(C)(C)C)cc1. The predicted molar refractivity (Wildman–Crippen MR) is 110 cm³/mol. The van der Waals surface area contributed by atoms with Gasteiger partial charge in [0.15, 0.2) is 0 Å². The van der Waals surface area contributed by atoms with Crippen molar-refractivity contribution in [1.82, 2.24) is 0 Å². The molecule has 0 aliphatic carbocycles. The highest BCUT2D eigenvalue weighted by Crippen LogP contribution is 2.27. The molecule has 0 unspecified atom stereocenters. The number of rotatable bonds is 4. The minimum absolute atomic E-state index is 0.0398. The second-order valence-electron chi connectivity index (χ2n) is 7.39. The van der Waals surface area contributed by atoms with Crippen LogP contribution in [-0.2, 0) is 15.4 Å². The fourth-order valence-electron chi connectivity index (χ4n) is 2.90. The van der Waals surface area contributed by atoms with E-state index in [0.717, 1.165) is 16.3 Å². The molecule has 3 aromatic rings. The van der Waals surface area contributed by atoms with Crippen LogP contribution in [0.3, 0.4) is 0 Å². The van der Waals surface area contributed by atoms with Gasteiger partial charge >= 0.3 is 0 Å². The van der Waals surface area contributed by atoms with Gasteiger partial charge in [-0.05, 0) is 39.9 Å². The molecule has 0 saturated carbocycles. The van der Waals surface area contributed by atoms with Crippen LogP contribution >= 0.6 is 0 Å². The Kier molecular flexibility index (Phi) is 5.07. The molecule has 0 atom stereocenters. The maximum atomic E-state index is 12.7. The Labute approximate surface area is 160 Å². The summed E-state index contributed by atoms with van der Waals surface area (Å²) in [6.07, 6.45) is 1.37. The van der Waals surface area contributed by atoms with Crippen molar-refractivity contribution in [1.29, 1.82) is 0 Å². The Hall–Kier alpha value is -2.66. The highest BCUT2D eigenvalue weighted by atomic mass is 32.2. The van der Waals surface area contributed by atoms with Crippen LogP contribution in [0.4, 0.5) is 0 Å². The normalized spacial score (nSPS) is 12.6. The highest BCUT2D eigenvalue weighted by molar-refractivity contribution is 7.90. The number of benzene rings is 3. The first-order chi connectivity index (χ1) is 12.7. The van der Waals surface area contributed by atoms with Gasteiger partial charge < -0.3 is 4.74 Å². The topological polar surface area (TPSA) is 55.7 Å². The van der Waals surface area contributed by atoms with E-state index in [1.807, 2.05) is 48.5 Å². The van der Waals surface area contributed by atoms with E-state index in [4.69, 9.17) is 4.74 Å². The lowest BCUT2D eigenvalue weighted by molar-refractivity contribution is 0.415. The molecule has 0 amide bonds. The Morgan fingerprint density at radius 3 is 2.22 bits per heavy atom. The maximum absolute atomic E-state index is 12.7. The average molecular weight is 381 g/mol. The average Bonchev–Trinajstić information content (AvgIpc) is 2.65. The molecular formula is C22H23NO3S. The summed E-state index contributed by atoms with van der Waals surface area (Å²) in [5, 5.41) is 1.88. The van der Waals surface area contributed by atoms with E-state index in [1.165, 1.54) is 6.21 Å². The number of fused-ring (bicyclic) bond motifs is 1. The largest absolute Gasteiger partial charge is 0.496 e. The molecule has 0 aliphatic rings. The van der Waals surface area contributed by atoms with Crippen LogP contribution in [0.5, 0.6) is 5.75 Å². The molecule has 0 radical (unpaired) electrons. The summed E-state index contributed by atoms with van der Waals surface area (Å²) >= 11 is 0. The number of ether oxygens (including phenoxy) is 1. The zero-order valence-electron chi connectivity index (χ0n) is 15.9. The number of methoxy groups -OCH3 is 1. The zero-order valence-corrected chi connectivity index (χ0v) is 16.7. The van der Waals surface area contributed by atoms with Crippen LogP contribution in [0.25, 0.3) is 10.8 Å². The van der Waals surface area contributed by atoms with Gasteiger partial charge in [0.05, 0.1) is 18.2 Å². The second-order valence-corrected chi connectivity index (χ2v) is 9.02. The summed E-state index contributed by atoms with van der Waals surface area (Å²) in [5.74, 6) is 0.579. The molecule has 0 heterocycles. The zero-order chi connectivity index (χ0) is 19.7. The molecule has 0 saturated heterocycles. The molecule has 3 aromatic carbocycles.